The highest BCUT2D eigenvalue weighted by Crippen LogP contribution is 2.34. The molecule has 9 nitrogen and oxygen atoms in total. The van der Waals surface area contributed by atoms with E-state index in [2.05, 4.69) is 5.32 Å². The molecular formula is C32H37Cl2N3O6S. The molecular weight excluding hydrogens is 625 g/mol. The quantitative estimate of drug-likeness (QED) is 0.256. The minimum Gasteiger partial charge on any atom is -0.493 e. The number of sulfonamides is 1. The molecule has 2 amide bonds. The van der Waals surface area contributed by atoms with Gasteiger partial charge in [-0.15, -0.1) is 0 Å². The van der Waals surface area contributed by atoms with Gasteiger partial charge in [-0.05, 0) is 68.7 Å². The lowest BCUT2D eigenvalue weighted by Gasteiger charge is -2.32. The Morgan fingerprint density at radius 2 is 1.59 bits per heavy atom. The summed E-state index contributed by atoms with van der Waals surface area (Å²) in [6.45, 7) is 2.90. The smallest absolute Gasteiger partial charge is 0.264 e. The van der Waals surface area contributed by atoms with Crippen LogP contribution in [0.15, 0.2) is 65.6 Å². The third kappa shape index (κ3) is 7.78. The van der Waals surface area contributed by atoms with Gasteiger partial charge in [0.25, 0.3) is 10.0 Å². The topological polar surface area (TPSA) is 105 Å². The molecule has 236 valence electrons. The second kappa shape index (κ2) is 14.5. The number of carbonyl (C=O) groups excluding carboxylic acids is 2. The Bertz CT molecular complexity index is 1590. The van der Waals surface area contributed by atoms with Gasteiger partial charge >= 0.3 is 0 Å². The Morgan fingerprint density at radius 1 is 0.932 bits per heavy atom. The van der Waals surface area contributed by atoms with Crippen molar-refractivity contribution in [2.45, 2.75) is 63.1 Å². The lowest BCUT2D eigenvalue weighted by Crippen LogP contribution is -2.52. The fraction of sp³-hybridized carbons (Fsp3) is 0.375. The summed E-state index contributed by atoms with van der Waals surface area (Å²) < 4.78 is 40.0. The third-order valence-electron chi connectivity index (χ3n) is 7.75. The fourth-order valence-corrected chi connectivity index (χ4v) is 6.88. The largest absolute Gasteiger partial charge is 0.493 e. The van der Waals surface area contributed by atoms with E-state index in [9.17, 15) is 18.0 Å². The third-order valence-corrected chi connectivity index (χ3v) is 10.3. The Hall–Kier alpha value is -3.47. The number of anilines is 1. The normalized spacial score (nSPS) is 14.1. The lowest BCUT2D eigenvalue weighted by molar-refractivity contribution is -0.139. The zero-order chi connectivity index (χ0) is 32.0. The molecule has 0 radical (unpaired) electrons. The van der Waals surface area contributed by atoms with Gasteiger partial charge in [0.15, 0.2) is 11.5 Å². The maximum atomic E-state index is 14.2. The summed E-state index contributed by atoms with van der Waals surface area (Å²) in [5.41, 5.74) is 1.70. The van der Waals surface area contributed by atoms with Crippen molar-refractivity contribution < 1.29 is 27.5 Å². The number of hydrogen-bond acceptors (Lipinski definition) is 6. The summed E-state index contributed by atoms with van der Waals surface area (Å²) in [6, 6.07) is 15.1. The molecule has 3 aromatic carbocycles. The van der Waals surface area contributed by atoms with Crippen LogP contribution < -0.4 is 19.1 Å². The van der Waals surface area contributed by atoms with Crippen molar-refractivity contribution in [2.24, 2.45) is 0 Å². The molecule has 0 aromatic heterocycles. The highest BCUT2D eigenvalue weighted by molar-refractivity contribution is 7.92. The van der Waals surface area contributed by atoms with Crippen molar-refractivity contribution in [2.75, 3.05) is 25.1 Å². The molecule has 0 aliphatic heterocycles. The van der Waals surface area contributed by atoms with Crippen LogP contribution in [0, 0.1) is 6.92 Å². The molecule has 0 unspecified atom stereocenters. The number of ether oxygens (including phenoxy) is 2. The van der Waals surface area contributed by atoms with Gasteiger partial charge in [0, 0.05) is 18.7 Å². The van der Waals surface area contributed by atoms with Crippen LogP contribution in [0.4, 0.5) is 5.69 Å². The number of amides is 2. The first kappa shape index (κ1) is 33.4. The second-order valence-corrected chi connectivity index (χ2v) is 13.5. The molecule has 1 fully saturated rings. The minimum atomic E-state index is -4.24. The summed E-state index contributed by atoms with van der Waals surface area (Å²) in [5, 5.41) is 3.70. The highest BCUT2D eigenvalue weighted by atomic mass is 35.5. The van der Waals surface area contributed by atoms with Crippen LogP contribution in [0.25, 0.3) is 0 Å². The van der Waals surface area contributed by atoms with Gasteiger partial charge < -0.3 is 19.7 Å². The number of carbonyl (C=O) groups is 2. The highest BCUT2D eigenvalue weighted by Gasteiger charge is 2.34. The van der Waals surface area contributed by atoms with E-state index >= 15 is 0 Å². The lowest BCUT2D eigenvalue weighted by atomic mass is 10.1. The average molecular weight is 663 g/mol. The molecule has 1 saturated carbocycles. The van der Waals surface area contributed by atoms with Crippen LogP contribution in [0.2, 0.25) is 10.0 Å². The zero-order valence-corrected chi connectivity index (χ0v) is 27.5. The minimum absolute atomic E-state index is 0.000666. The number of halogens is 2. The first-order valence-corrected chi connectivity index (χ1v) is 16.5. The molecule has 1 N–H and O–H groups in total. The Labute approximate surface area is 269 Å². The van der Waals surface area contributed by atoms with Gasteiger partial charge in [-0.1, -0.05) is 59.8 Å². The summed E-state index contributed by atoms with van der Waals surface area (Å²) in [4.78, 5) is 29.0. The Kier molecular flexibility index (Phi) is 11.0. The maximum Gasteiger partial charge on any atom is 0.264 e. The van der Waals surface area contributed by atoms with E-state index in [4.69, 9.17) is 32.7 Å². The van der Waals surface area contributed by atoms with E-state index in [-0.39, 0.29) is 29.1 Å². The van der Waals surface area contributed by atoms with Crippen LogP contribution in [0.3, 0.4) is 0 Å². The molecule has 1 aliphatic carbocycles. The number of hydrogen-bond donors (Lipinski definition) is 1. The summed E-state index contributed by atoms with van der Waals surface area (Å²) >= 11 is 12.4. The van der Waals surface area contributed by atoms with Crippen LogP contribution in [0.1, 0.15) is 43.7 Å². The van der Waals surface area contributed by atoms with Crippen LogP contribution in [-0.2, 0) is 26.2 Å². The molecule has 4 rings (SSSR count). The van der Waals surface area contributed by atoms with Crippen molar-refractivity contribution in [3.63, 3.8) is 0 Å². The summed E-state index contributed by atoms with van der Waals surface area (Å²) in [7, 11) is -1.33. The summed E-state index contributed by atoms with van der Waals surface area (Å²) in [6.07, 6.45) is 3.81. The van der Waals surface area contributed by atoms with E-state index in [0.717, 1.165) is 35.6 Å². The number of benzene rings is 3. The van der Waals surface area contributed by atoms with Gasteiger partial charge in [0.1, 0.15) is 12.6 Å². The average Bonchev–Trinajstić information content (AvgIpc) is 3.52. The zero-order valence-electron chi connectivity index (χ0n) is 25.2. The van der Waals surface area contributed by atoms with Crippen LogP contribution in [-0.4, -0.2) is 58.0 Å². The predicted molar refractivity (Wildman–Crippen MR) is 172 cm³/mol. The predicted octanol–water partition coefficient (Wildman–Crippen LogP) is 5.99. The molecule has 1 atom stereocenters. The number of rotatable bonds is 12. The number of nitrogens with zero attached hydrogens (tertiary/aromatic N) is 2. The van der Waals surface area contributed by atoms with Crippen LogP contribution >= 0.6 is 23.2 Å². The van der Waals surface area contributed by atoms with E-state index in [1.54, 1.807) is 49.4 Å². The molecule has 0 spiro atoms. The van der Waals surface area contributed by atoms with Crippen LogP contribution in [0.5, 0.6) is 11.5 Å². The van der Waals surface area contributed by atoms with E-state index in [1.165, 1.54) is 37.3 Å². The maximum absolute atomic E-state index is 14.2. The first-order chi connectivity index (χ1) is 20.9. The van der Waals surface area contributed by atoms with Gasteiger partial charge in [0.05, 0.1) is 34.8 Å². The number of nitrogens with one attached hydrogen (secondary N) is 1. The van der Waals surface area contributed by atoms with Crippen molar-refractivity contribution in [1.82, 2.24) is 10.2 Å². The molecule has 12 heteroatoms. The summed E-state index contributed by atoms with van der Waals surface area (Å²) in [5.74, 6) is -0.216. The SMILES string of the molecule is COc1ccc(N(CC(=O)N(Cc2ccc(Cl)c(Cl)c2)[C@H](C)C(=O)NC2CCCC2)S(=O)(=O)c2ccc(C)cc2)cc1OC. The van der Waals surface area contributed by atoms with Gasteiger partial charge in [0.2, 0.25) is 11.8 Å². The standard InChI is InChI=1S/C32H37Cl2N3O6S/c1-21-9-13-26(14-10-21)44(40,41)37(25-12-16-29(42-3)30(18-25)43-4)20-31(38)36(19-23-11-15-27(33)28(34)17-23)22(2)32(39)35-24-7-5-6-8-24/h9-18,22,24H,5-8,19-20H2,1-4H3,(H,35,39)/t22-/m1/s1. The monoisotopic (exact) mass is 661 g/mol. The number of methoxy groups -OCH3 is 2. The Balaban J connectivity index is 1.74. The van der Waals surface area contributed by atoms with E-state index < -0.39 is 28.5 Å². The molecule has 0 heterocycles. The van der Waals surface area contributed by atoms with Crippen molar-refractivity contribution in [3.8, 4) is 11.5 Å². The van der Waals surface area contributed by atoms with Gasteiger partial charge in [-0.3, -0.25) is 13.9 Å². The number of aryl methyl sites for hydroxylation is 1. The first-order valence-electron chi connectivity index (χ1n) is 14.3. The molecule has 0 saturated heterocycles. The molecule has 3 aromatic rings. The van der Waals surface area contributed by atoms with Gasteiger partial charge in [-0.25, -0.2) is 8.42 Å². The van der Waals surface area contributed by atoms with Crippen molar-refractivity contribution >= 4 is 50.7 Å². The molecule has 0 bridgehead atoms. The Morgan fingerprint density at radius 3 is 2.20 bits per heavy atom. The molecule has 44 heavy (non-hydrogen) atoms. The second-order valence-electron chi connectivity index (χ2n) is 10.8. The van der Waals surface area contributed by atoms with Gasteiger partial charge in [-0.2, -0.15) is 0 Å². The fourth-order valence-electron chi connectivity index (χ4n) is 5.16. The van der Waals surface area contributed by atoms with Crippen molar-refractivity contribution in [3.05, 3.63) is 81.8 Å². The van der Waals surface area contributed by atoms with E-state index in [1.807, 2.05) is 6.92 Å². The van der Waals surface area contributed by atoms with E-state index in [0.29, 0.717) is 27.1 Å². The van der Waals surface area contributed by atoms with Crippen molar-refractivity contribution in [1.29, 1.82) is 0 Å². The molecule has 1 aliphatic rings.